The summed E-state index contributed by atoms with van der Waals surface area (Å²) >= 11 is 8.11. The second-order valence-corrected chi connectivity index (χ2v) is 14.1. The van der Waals surface area contributed by atoms with Crippen LogP contribution in [0.5, 0.6) is 0 Å². The van der Waals surface area contributed by atoms with E-state index >= 15 is 0 Å². The molecule has 5 nitrogen and oxygen atoms in total. The molecule has 0 bridgehead atoms. The van der Waals surface area contributed by atoms with E-state index in [9.17, 15) is 14.9 Å². The lowest BCUT2D eigenvalue weighted by Crippen LogP contribution is -2.21. The molecule has 1 atom stereocenters. The predicted molar refractivity (Wildman–Crippen MR) is 132 cm³/mol. The van der Waals surface area contributed by atoms with Crippen molar-refractivity contribution in [1.29, 1.82) is 5.26 Å². The third-order valence-corrected chi connectivity index (χ3v) is 8.20. The molecule has 0 fully saturated rings. The molecule has 0 amide bonds. The lowest BCUT2D eigenvalue weighted by Gasteiger charge is -2.20. The van der Waals surface area contributed by atoms with E-state index in [0.29, 0.717) is 37.6 Å². The van der Waals surface area contributed by atoms with Crippen LogP contribution in [0.2, 0.25) is 0 Å². The van der Waals surface area contributed by atoms with Crippen LogP contribution in [0.1, 0.15) is 53.9 Å². The van der Waals surface area contributed by atoms with Gasteiger partial charge in [0, 0.05) is 17.9 Å². The zero-order valence-corrected chi connectivity index (χ0v) is 21.9. The molecule has 0 saturated heterocycles. The van der Waals surface area contributed by atoms with Crippen LogP contribution in [0.3, 0.4) is 0 Å². The molecule has 0 aromatic carbocycles. The number of esters is 2. The summed E-state index contributed by atoms with van der Waals surface area (Å²) in [5.41, 5.74) is -0.0227. The first-order valence-electron chi connectivity index (χ1n) is 9.34. The minimum absolute atomic E-state index is 0.0227. The molecule has 1 unspecified atom stereocenters. The average Bonchev–Trinajstić information content (AvgIpc) is 2.63. The van der Waals surface area contributed by atoms with Gasteiger partial charge < -0.3 is 9.47 Å². The van der Waals surface area contributed by atoms with Crippen LogP contribution in [0.4, 0.5) is 0 Å². The summed E-state index contributed by atoms with van der Waals surface area (Å²) in [6.45, 7) is 10.6. The highest BCUT2D eigenvalue weighted by Crippen LogP contribution is 2.34. The van der Waals surface area contributed by atoms with Crippen LogP contribution in [-0.4, -0.2) is 50.7 Å². The molecule has 0 aliphatic rings. The second kappa shape index (κ2) is 15.7. The molecule has 29 heavy (non-hydrogen) atoms. The number of carbonyl (C=O) groups excluding carboxylic acids is 2. The Morgan fingerprint density at radius 3 is 2.24 bits per heavy atom. The maximum Gasteiger partial charge on any atom is 0.306 e. The van der Waals surface area contributed by atoms with E-state index in [2.05, 4.69) is 6.07 Å². The van der Waals surface area contributed by atoms with Gasteiger partial charge in [-0.3, -0.25) is 9.59 Å². The number of nitriles is 1. The zero-order chi connectivity index (χ0) is 22.3. The Morgan fingerprint density at radius 2 is 1.66 bits per heavy atom. The van der Waals surface area contributed by atoms with Crippen molar-refractivity contribution >= 4 is 72.8 Å². The van der Waals surface area contributed by atoms with Crippen molar-refractivity contribution in [3.8, 4) is 6.07 Å². The van der Waals surface area contributed by atoms with E-state index < -0.39 is 4.75 Å². The number of hydrogen-bond acceptors (Lipinski definition) is 10. The van der Waals surface area contributed by atoms with Gasteiger partial charge in [0.25, 0.3) is 0 Å². The largest absolute Gasteiger partial charge is 0.465 e. The van der Waals surface area contributed by atoms with Crippen molar-refractivity contribution in [2.75, 3.05) is 30.5 Å². The molecule has 0 aromatic rings. The number of nitrogens with zero attached hydrogens (tertiary/aromatic N) is 1. The summed E-state index contributed by atoms with van der Waals surface area (Å²) < 4.78 is 10.4. The normalized spacial score (nSPS) is 13.2. The van der Waals surface area contributed by atoms with Gasteiger partial charge in [-0.15, -0.1) is 11.8 Å². The molecular formula is C19H31NO4S5. The maximum absolute atomic E-state index is 11.9. The lowest BCUT2D eigenvalue weighted by atomic mass is 9.99. The highest BCUT2D eigenvalue weighted by atomic mass is 33.1. The van der Waals surface area contributed by atoms with Crippen molar-refractivity contribution in [1.82, 2.24) is 0 Å². The summed E-state index contributed by atoms with van der Waals surface area (Å²) in [5.74, 6) is 1.68. The molecule has 10 heteroatoms. The lowest BCUT2D eigenvalue weighted by molar-refractivity contribution is -0.146. The Hall–Kier alpha value is -0.0800. The Bertz CT molecular complexity index is 574. The van der Waals surface area contributed by atoms with E-state index in [1.54, 1.807) is 28.5 Å². The van der Waals surface area contributed by atoms with E-state index in [1.165, 1.54) is 23.5 Å². The molecule has 0 rings (SSSR count). The minimum Gasteiger partial charge on any atom is -0.465 e. The Morgan fingerprint density at radius 1 is 1.03 bits per heavy atom. The van der Waals surface area contributed by atoms with Crippen LogP contribution in [-0.2, 0) is 19.1 Å². The molecule has 0 aliphatic heterocycles. The standard InChI is InChI=1S/C19H31NO4S5/c1-6-26-17(25)29-19(5,13-20)9-7-15(21)23-10-12-28-27-11-8-16(22)24-14-18(2,3)4/h6-12,14H2,1-5H3. The van der Waals surface area contributed by atoms with Gasteiger partial charge in [0.1, 0.15) is 14.9 Å². The van der Waals surface area contributed by atoms with Gasteiger partial charge >= 0.3 is 11.9 Å². The number of carbonyl (C=O) groups is 2. The molecule has 0 saturated carbocycles. The van der Waals surface area contributed by atoms with Crippen molar-refractivity contribution < 1.29 is 19.1 Å². The molecule has 0 spiro atoms. The van der Waals surface area contributed by atoms with E-state index in [1.807, 2.05) is 27.7 Å². The monoisotopic (exact) mass is 497 g/mol. The van der Waals surface area contributed by atoms with Gasteiger partial charge in [-0.05, 0) is 24.5 Å². The number of rotatable bonds is 13. The first-order chi connectivity index (χ1) is 13.5. The van der Waals surface area contributed by atoms with Gasteiger partial charge in [0.15, 0.2) is 0 Å². The Kier molecular flexibility index (Phi) is 15.6. The number of thiocarbonyl (C=S) groups is 1. The smallest absolute Gasteiger partial charge is 0.306 e. The first kappa shape index (κ1) is 28.9. The fraction of sp³-hybridized carbons (Fsp3) is 0.789. The topological polar surface area (TPSA) is 76.4 Å². The highest BCUT2D eigenvalue weighted by molar-refractivity contribution is 8.76. The molecule has 0 aliphatic carbocycles. The van der Waals surface area contributed by atoms with Crippen LogP contribution in [0, 0.1) is 16.7 Å². The van der Waals surface area contributed by atoms with Crippen molar-refractivity contribution in [2.45, 2.75) is 58.6 Å². The molecule has 0 aromatic heterocycles. The summed E-state index contributed by atoms with van der Waals surface area (Å²) in [6.07, 6.45) is 0.958. The summed E-state index contributed by atoms with van der Waals surface area (Å²) in [7, 11) is 3.12. The fourth-order valence-electron chi connectivity index (χ4n) is 1.68. The Labute approximate surface area is 197 Å². The van der Waals surface area contributed by atoms with Gasteiger partial charge in [0.2, 0.25) is 0 Å². The van der Waals surface area contributed by atoms with Crippen LogP contribution >= 0.6 is 57.3 Å². The van der Waals surface area contributed by atoms with Crippen LogP contribution < -0.4 is 0 Å². The number of thioether (sulfide) groups is 2. The number of ether oxygens (including phenoxy) is 2. The third-order valence-electron chi connectivity index (χ3n) is 3.18. The first-order valence-corrected chi connectivity index (χ1v) is 14.0. The van der Waals surface area contributed by atoms with Gasteiger partial charge in [-0.25, -0.2) is 0 Å². The summed E-state index contributed by atoms with van der Waals surface area (Å²) in [4.78, 5) is 23.5. The zero-order valence-electron chi connectivity index (χ0n) is 17.8. The minimum atomic E-state index is -0.718. The predicted octanol–water partition coefficient (Wildman–Crippen LogP) is 5.72. The van der Waals surface area contributed by atoms with Gasteiger partial charge in [0.05, 0.1) is 19.1 Å². The van der Waals surface area contributed by atoms with E-state index in [0.717, 1.165) is 9.28 Å². The second-order valence-electron chi connectivity index (χ2n) is 7.46. The summed E-state index contributed by atoms with van der Waals surface area (Å²) in [5, 5.41) is 9.39. The maximum atomic E-state index is 11.9. The van der Waals surface area contributed by atoms with E-state index in [4.69, 9.17) is 21.7 Å². The molecule has 166 valence electrons. The van der Waals surface area contributed by atoms with Crippen LogP contribution in [0.15, 0.2) is 0 Å². The highest BCUT2D eigenvalue weighted by Gasteiger charge is 2.28. The number of hydrogen-bond donors (Lipinski definition) is 0. The molecular weight excluding hydrogens is 467 g/mol. The fourth-order valence-corrected chi connectivity index (χ4v) is 6.37. The van der Waals surface area contributed by atoms with Crippen molar-refractivity contribution in [2.24, 2.45) is 5.41 Å². The van der Waals surface area contributed by atoms with Crippen molar-refractivity contribution in [3.63, 3.8) is 0 Å². The quantitative estimate of drug-likeness (QED) is 0.136. The Balaban J connectivity index is 3.83. The average molecular weight is 498 g/mol. The molecule has 0 N–H and O–H groups in total. The summed E-state index contributed by atoms with van der Waals surface area (Å²) in [6, 6.07) is 2.25. The SMILES string of the molecule is CCSC(=S)SC(C)(C#N)CCC(=O)OCCSSCCC(=O)OCC(C)(C)C. The van der Waals surface area contributed by atoms with Crippen molar-refractivity contribution in [3.05, 3.63) is 0 Å². The van der Waals surface area contributed by atoms with Gasteiger partial charge in [-0.2, -0.15) is 5.26 Å². The van der Waals surface area contributed by atoms with Gasteiger partial charge in [-0.1, -0.05) is 73.3 Å². The van der Waals surface area contributed by atoms with Crippen LogP contribution in [0.25, 0.3) is 0 Å². The third kappa shape index (κ3) is 17.3. The van der Waals surface area contributed by atoms with E-state index in [-0.39, 0.29) is 23.8 Å². The molecule has 0 heterocycles. The molecule has 0 radical (unpaired) electrons.